The Kier molecular flexibility index (Phi) is 4.79. The number of thiocarbonyl (C=S) groups is 1. The van der Waals surface area contributed by atoms with Gasteiger partial charge >= 0.3 is 0 Å². The number of hydrogen-bond donors (Lipinski definition) is 2. The minimum atomic E-state index is 0.559. The molecule has 1 aromatic rings. The van der Waals surface area contributed by atoms with E-state index in [1.807, 2.05) is 25.1 Å². The van der Waals surface area contributed by atoms with E-state index < -0.39 is 0 Å². The number of benzene rings is 1. The molecule has 0 aliphatic rings. The quantitative estimate of drug-likeness (QED) is 0.621. The van der Waals surface area contributed by atoms with E-state index in [-0.39, 0.29) is 0 Å². The molecule has 0 radical (unpaired) electrons. The fourth-order valence-electron chi connectivity index (χ4n) is 1.25. The summed E-state index contributed by atoms with van der Waals surface area (Å²) < 4.78 is 5.24. The lowest BCUT2D eigenvalue weighted by molar-refractivity contribution is 0.417. The van der Waals surface area contributed by atoms with Gasteiger partial charge in [-0.2, -0.15) is 0 Å². The molecule has 0 fully saturated rings. The largest absolute Gasteiger partial charge is 0.495 e. The lowest BCUT2D eigenvalue weighted by atomic mass is 10.2. The normalized spacial score (nSPS) is 9.38. The standard InChI is InChI=1S/C12H16N2OS/c1-4-7-13-12(16)14-10-8-9(2)5-6-11(10)15-3/h4-6,8H,1,7H2,2-3H3,(H2,13,14,16). The van der Waals surface area contributed by atoms with E-state index in [1.165, 1.54) is 0 Å². The van der Waals surface area contributed by atoms with Crippen LogP contribution in [0.5, 0.6) is 5.75 Å². The van der Waals surface area contributed by atoms with Crippen molar-refractivity contribution < 1.29 is 4.74 Å². The van der Waals surface area contributed by atoms with Gasteiger partial charge in [0.05, 0.1) is 12.8 Å². The molecule has 0 heterocycles. The highest BCUT2D eigenvalue weighted by molar-refractivity contribution is 7.80. The van der Waals surface area contributed by atoms with Crippen molar-refractivity contribution in [2.45, 2.75) is 6.92 Å². The van der Waals surface area contributed by atoms with Gasteiger partial charge in [-0.25, -0.2) is 0 Å². The van der Waals surface area contributed by atoms with Crippen molar-refractivity contribution in [3.63, 3.8) is 0 Å². The Morgan fingerprint density at radius 3 is 2.94 bits per heavy atom. The van der Waals surface area contributed by atoms with Crippen molar-refractivity contribution in [1.82, 2.24) is 5.32 Å². The van der Waals surface area contributed by atoms with Gasteiger partial charge in [-0.15, -0.1) is 6.58 Å². The third-order valence-electron chi connectivity index (χ3n) is 2.01. The molecule has 0 aliphatic heterocycles. The minimum absolute atomic E-state index is 0.559. The zero-order chi connectivity index (χ0) is 12.0. The van der Waals surface area contributed by atoms with Gasteiger partial charge < -0.3 is 15.4 Å². The second-order valence-electron chi connectivity index (χ2n) is 3.33. The van der Waals surface area contributed by atoms with Crippen LogP contribution in [-0.2, 0) is 0 Å². The molecule has 2 N–H and O–H groups in total. The number of anilines is 1. The molecule has 86 valence electrons. The Morgan fingerprint density at radius 2 is 2.31 bits per heavy atom. The Labute approximate surface area is 102 Å². The predicted octanol–water partition coefficient (Wildman–Crippen LogP) is 2.48. The summed E-state index contributed by atoms with van der Waals surface area (Å²) in [6, 6.07) is 5.89. The van der Waals surface area contributed by atoms with Gasteiger partial charge in [-0.3, -0.25) is 0 Å². The summed E-state index contributed by atoms with van der Waals surface area (Å²) in [4.78, 5) is 0. The maximum atomic E-state index is 5.24. The molecule has 1 rings (SSSR count). The first-order chi connectivity index (χ1) is 7.67. The summed E-state index contributed by atoms with van der Waals surface area (Å²) in [5, 5.41) is 6.64. The molecule has 1 aromatic carbocycles. The fourth-order valence-corrected chi connectivity index (χ4v) is 1.44. The third kappa shape index (κ3) is 3.55. The molecule has 16 heavy (non-hydrogen) atoms. The Morgan fingerprint density at radius 1 is 1.56 bits per heavy atom. The Bertz CT molecular complexity index is 391. The van der Waals surface area contributed by atoms with Crippen LogP contribution in [0.15, 0.2) is 30.9 Å². The lowest BCUT2D eigenvalue weighted by Crippen LogP contribution is -2.28. The summed E-state index contributed by atoms with van der Waals surface area (Å²) in [6.45, 7) is 6.27. The molecular formula is C12H16N2OS. The molecule has 0 spiro atoms. The molecule has 3 nitrogen and oxygen atoms in total. The maximum Gasteiger partial charge on any atom is 0.171 e. The molecule has 0 saturated carbocycles. The van der Waals surface area contributed by atoms with Crippen LogP contribution in [0.3, 0.4) is 0 Å². The summed E-state index contributed by atoms with van der Waals surface area (Å²) in [6.07, 6.45) is 1.75. The zero-order valence-corrected chi connectivity index (χ0v) is 10.4. The predicted molar refractivity (Wildman–Crippen MR) is 72.2 cm³/mol. The van der Waals surface area contributed by atoms with Crippen molar-refractivity contribution in [3.05, 3.63) is 36.4 Å². The maximum absolute atomic E-state index is 5.24. The van der Waals surface area contributed by atoms with Gasteiger partial charge in [-0.1, -0.05) is 12.1 Å². The molecule has 0 saturated heterocycles. The summed E-state index contributed by atoms with van der Waals surface area (Å²) >= 11 is 5.13. The molecule has 0 amide bonds. The number of methoxy groups -OCH3 is 1. The topological polar surface area (TPSA) is 33.3 Å². The van der Waals surface area contributed by atoms with E-state index in [9.17, 15) is 0 Å². The average molecular weight is 236 g/mol. The van der Waals surface area contributed by atoms with Gasteiger partial charge in [0.1, 0.15) is 5.75 Å². The SMILES string of the molecule is C=CCNC(=S)Nc1cc(C)ccc1OC. The van der Waals surface area contributed by atoms with Crippen LogP contribution in [-0.4, -0.2) is 18.8 Å². The monoisotopic (exact) mass is 236 g/mol. The lowest BCUT2D eigenvalue weighted by Gasteiger charge is -2.13. The van der Waals surface area contributed by atoms with Crippen molar-refractivity contribution in [1.29, 1.82) is 0 Å². The summed E-state index contributed by atoms with van der Waals surface area (Å²) in [7, 11) is 1.63. The highest BCUT2D eigenvalue weighted by Gasteiger charge is 2.04. The Hall–Kier alpha value is -1.55. The van der Waals surface area contributed by atoms with E-state index in [2.05, 4.69) is 17.2 Å². The average Bonchev–Trinajstić information content (AvgIpc) is 2.27. The van der Waals surface area contributed by atoms with E-state index in [0.29, 0.717) is 11.7 Å². The summed E-state index contributed by atoms with van der Waals surface area (Å²) in [5.41, 5.74) is 2.01. The number of nitrogens with one attached hydrogen (secondary N) is 2. The number of rotatable bonds is 4. The van der Waals surface area contributed by atoms with E-state index in [0.717, 1.165) is 17.0 Å². The second kappa shape index (κ2) is 6.12. The molecular weight excluding hydrogens is 220 g/mol. The van der Waals surface area contributed by atoms with Gasteiger partial charge in [0.25, 0.3) is 0 Å². The molecule has 0 aromatic heterocycles. The third-order valence-corrected chi connectivity index (χ3v) is 2.26. The first kappa shape index (κ1) is 12.5. The molecule has 4 heteroatoms. The first-order valence-corrected chi connectivity index (χ1v) is 5.38. The number of ether oxygens (including phenoxy) is 1. The fraction of sp³-hybridized carbons (Fsp3) is 0.250. The molecule has 0 bridgehead atoms. The van der Waals surface area contributed by atoms with E-state index >= 15 is 0 Å². The van der Waals surface area contributed by atoms with Crippen LogP contribution in [0.2, 0.25) is 0 Å². The summed E-state index contributed by atoms with van der Waals surface area (Å²) in [5.74, 6) is 0.772. The highest BCUT2D eigenvalue weighted by Crippen LogP contribution is 2.24. The van der Waals surface area contributed by atoms with Crippen molar-refractivity contribution in [2.24, 2.45) is 0 Å². The van der Waals surface area contributed by atoms with Crippen LogP contribution in [0.25, 0.3) is 0 Å². The van der Waals surface area contributed by atoms with Crippen LogP contribution < -0.4 is 15.4 Å². The van der Waals surface area contributed by atoms with Gasteiger partial charge in [-0.05, 0) is 36.8 Å². The number of aryl methyl sites for hydroxylation is 1. The van der Waals surface area contributed by atoms with Crippen LogP contribution in [0.1, 0.15) is 5.56 Å². The second-order valence-corrected chi connectivity index (χ2v) is 3.74. The molecule has 0 aliphatic carbocycles. The van der Waals surface area contributed by atoms with E-state index in [1.54, 1.807) is 13.2 Å². The van der Waals surface area contributed by atoms with Crippen LogP contribution in [0, 0.1) is 6.92 Å². The minimum Gasteiger partial charge on any atom is -0.495 e. The number of hydrogen-bond acceptors (Lipinski definition) is 2. The van der Waals surface area contributed by atoms with Crippen molar-refractivity contribution >= 4 is 23.0 Å². The molecule has 0 unspecified atom stereocenters. The van der Waals surface area contributed by atoms with Crippen LogP contribution in [0.4, 0.5) is 5.69 Å². The molecule has 0 atom stereocenters. The van der Waals surface area contributed by atoms with Gasteiger partial charge in [0.2, 0.25) is 0 Å². The zero-order valence-electron chi connectivity index (χ0n) is 9.54. The van der Waals surface area contributed by atoms with E-state index in [4.69, 9.17) is 17.0 Å². The first-order valence-electron chi connectivity index (χ1n) is 4.97. The highest BCUT2D eigenvalue weighted by atomic mass is 32.1. The van der Waals surface area contributed by atoms with Gasteiger partial charge in [0, 0.05) is 6.54 Å². The smallest absolute Gasteiger partial charge is 0.171 e. The van der Waals surface area contributed by atoms with Crippen LogP contribution >= 0.6 is 12.2 Å². The van der Waals surface area contributed by atoms with Gasteiger partial charge in [0.15, 0.2) is 5.11 Å². The Balaban J connectivity index is 2.74. The van der Waals surface area contributed by atoms with Crippen molar-refractivity contribution in [2.75, 3.05) is 19.0 Å². The van der Waals surface area contributed by atoms with Crippen molar-refractivity contribution in [3.8, 4) is 5.75 Å².